The minimum Gasteiger partial charge on any atom is -0.320 e. The van der Waals surface area contributed by atoms with E-state index in [0.29, 0.717) is 4.88 Å². The fourth-order valence-electron chi connectivity index (χ4n) is 1.70. The van der Waals surface area contributed by atoms with Crippen LogP contribution in [0.15, 0.2) is 40.6 Å². The first kappa shape index (κ1) is 15.6. The van der Waals surface area contributed by atoms with Gasteiger partial charge in [-0.3, -0.25) is 4.79 Å². The quantitative estimate of drug-likeness (QED) is 0.935. The molecule has 1 aromatic heterocycles. The summed E-state index contributed by atoms with van der Waals surface area (Å²) >= 11 is 1.19. The van der Waals surface area contributed by atoms with Gasteiger partial charge in [0.1, 0.15) is 0 Å². The predicted molar refractivity (Wildman–Crippen MR) is 76.6 cm³/mol. The van der Waals surface area contributed by atoms with E-state index in [1.54, 1.807) is 18.4 Å². The van der Waals surface area contributed by atoms with Crippen molar-refractivity contribution in [2.45, 2.75) is 17.6 Å². The third kappa shape index (κ3) is 3.11. The molecule has 0 fully saturated rings. The highest BCUT2D eigenvalue weighted by atomic mass is 32.2. The minimum atomic E-state index is -4.78. The van der Waals surface area contributed by atoms with Gasteiger partial charge in [-0.05, 0) is 36.1 Å². The van der Waals surface area contributed by atoms with Gasteiger partial charge in [-0.25, -0.2) is 8.42 Å². The molecule has 1 N–H and O–H groups in total. The first-order chi connectivity index (χ1) is 9.84. The third-order valence-electron chi connectivity index (χ3n) is 2.74. The molecular formula is C13H11F2NO3S2. The van der Waals surface area contributed by atoms with Crippen LogP contribution in [0.1, 0.15) is 15.2 Å². The molecule has 0 aliphatic rings. The number of hydrogen-bond acceptors (Lipinski definition) is 4. The van der Waals surface area contributed by atoms with Gasteiger partial charge in [0.25, 0.3) is 5.91 Å². The van der Waals surface area contributed by atoms with Crippen LogP contribution in [0.3, 0.4) is 0 Å². The zero-order valence-electron chi connectivity index (χ0n) is 10.8. The summed E-state index contributed by atoms with van der Waals surface area (Å²) in [5, 5.41) is 4.09. The number of para-hydroxylation sites is 1. The molecule has 0 bridgehead atoms. The second-order valence-corrected chi connectivity index (χ2v) is 6.99. The van der Waals surface area contributed by atoms with Gasteiger partial charge >= 0.3 is 5.76 Å². The van der Waals surface area contributed by atoms with Crippen LogP contribution >= 0.6 is 11.3 Å². The average molecular weight is 331 g/mol. The fourth-order valence-corrected chi connectivity index (χ4v) is 3.40. The summed E-state index contributed by atoms with van der Waals surface area (Å²) in [4.78, 5) is 11.9. The van der Waals surface area contributed by atoms with Crippen molar-refractivity contribution in [1.29, 1.82) is 0 Å². The summed E-state index contributed by atoms with van der Waals surface area (Å²) in [6.07, 6.45) is 0. The molecule has 1 heterocycles. The molecule has 2 aromatic rings. The van der Waals surface area contributed by atoms with Crippen molar-refractivity contribution in [3.05, 3.63) is 46.2 Å². The molecule has 2 rings (SSSR count). The van der Waals surface area contributed by atoms with E-state index in [1.165, 1.54) is 29.5 Å². The van der Waals surface area contributed by atoms with Gasteiger partial charge in [0.05, 0.1) is 15.5 Å². The number of amides is 1. The zero-order chi connectivity index (χ0) is 15.6. The lowest BCUT2D eigenvalue weighted by atomic mass is 10.2. The SMILES string of the molecule is Cc1ccsc1C(=O)Nc1ccccc1S(=O)(=O)C(F)F. The van der Waals surface area contributed by atoms with E-state index in [4.69, 9.17) is 0 Å². The Kier molecular flexibility index (Phi) is 4.38. The maximum absolute atomic E-state index is 12.7. The molecule has 0 saturated heterocycles. The minimum absolute atomic E-state index is 0.157. The first-order valence-corrected chi connectivity index (χ1v) is 8.23. The van der Waals surface area contributed by atoms with Crippen molar-refractivity contribution < 1.29 is 22.0 Å². The smallest absolute Gasteiger partial charge is 0.320 e. The molecule has 112 valence electrons. The van der Waals surface area contributed by atoms with Crippen LogP contribution in [0.4, 0.5) is 14.5 Å². The summed E-state index contributed by atoms with van der Waals surface area (Å²) < 4.78 is 48.5. The van der Waals surface area contributed by atoms with E-state index in [0.717, 1.165) is 11.6 Å². The molecule has 1 aromatic carbocycles. The molecule has 1 amide bonds. The number of nitrogens with one attached hydrogen (secondary N) is 1. The molecule has 21 heavy (non-hydrogen) atoms. The summed E-state index contributed by atoms with van der Waals surface area (Å²) in [7, 11) is -4.78. The van der Waals surface area contributed by atoms with Gasteiger partial charge in [-0.2, -0.15) is 8.78 Å². The second-order valence-electron chi connectivity index (χ2n) is 4.19. The number of thiophene rings is 1. The lowest BCUT2D eigenvalue weighted by Gasteiger charge is -2.11. The van der Waals surface area contributed by atoms with Crippen LogP contribution in [-0.2, 0) is 9.84 Å². The van der Waals surface area contributed by atoms with Crippen LogP contribution in [0, 0.1) is 6.92 Å². The van der Waals surface area contributed by atoms with Crippen LogP contribution in [0.25, 0.3) is 0 Å². The first-order valence-electron chi connectivity index (χ1n) is 5.80. The van der Waals surface area contributed by atoms with Crippen molar-refractivity contribution in [3.8, 4) is 0 Å². The molecule has 0 aliphatic carbocycles. The highest BCUT2D eigenvalue weighted by Crippen LogP contribution is 2.27. The van der Waals surface area contributed by atoms with Crippen molar-refractivity contribution in [3.63, 3.8) is 0 Å². The number of carbonyl (C=O) groups is 1. The lowest BCUT2D eigenvalue weighted by Crippen LogP contribution is -2.17. The Bertz CT molecular complexity index is 769. The molecule has 0 spiro atoms. The van der Waals surface area contributed by atoms with Gasteiger partial charge in [0.15, 0.2) is 0 Å². The number of aryl methyl sites for hydroxylation is 1. The van der Waals surface area contributed by atoms with Crippen molar-refractivity contribution in [2.24, 2.45) is 0 Å². The largest absolute Gasteiger partial charge is 0.341 e. The van der Waals surface area contributed by atoms with Gasteiger partial charge in [0.2, 0.25) is 9.84 Å². The average Bonchev–Trinajstić information content (AvgIpc) is 2.85. The van der Waals surface area contributed by atoms with E-state index in [1.807, 2.05) is 0 Å². The fraction of sp³-hybridized carbons (Fsp3) is 0.154. The van der Waals surface area contributed by atoms with Crippen LogP contribution in [0.2, 0.25) is 0 Å². The van der Waals surface area contributed by atoms with E-state index >= 15 is 0 Å². The highest BCUT2D eigenvalue weighted by molar-refractivity contribution is 7.91. The third-order valence-corrected chi connectivity index (χ3v) is 5.20. The summed E-state index contributed by atoms with van der Waals surface area (Å²) in [6.45, 7) is 1.73. The van der Waals surface area contributed by atoms with Crippen LogP contribution in [0.5, 0.6) is 0 Å². The Morgan fingerprint density at radius 3 is 2.48 bits per heavy atom. The van der Waals surface area contributed by atoms with E-state index < -0.39 is 26.4 Å². The monoisotopic (exact) mass is 331 g/mol. The number of alkyl halides is 2. The Morgan fingerprint density at radius 2 is 1.90 bits per heavy atom. The Labute approximate surface area is 124 Å². The number of hydrogen-bond donors (Lipinski definition) is 1. The van der Waals surface area contributed by atoms with Crippen LogP contribution in [-0.4, -0.2) is 20.1 Å². The second kappa shape index (κ2) is 5.90. The number of halogens is 2. The van der Waals surface area contributed by atoms with Gasteiger partial charge in [0, 0.05) is 0 Å². The summed E-state index contributed by atoms with van der Waals surface area (Å²) in [5.74, 6) is -4.07. The Morgan fingerprint density at radius 1 is 1.24 bits per heavy atom. The van der Waals surface area contributed by atoms with Crippen molar-refractivity contribution >= 4 is 32.8 Å². The molecule has 0 unspecified atom stereocenters. The maximum Gasteiger partial charge on any atom is 0.341 e. The Balaban J connectivity index is 2.39. The van der Waals surface area contributed by atoms with E-state index in [-0.39, 0.29) is 5.69 Å². The molecule has 0 radical (unpaired) electrons. The van der Waals surface area contributed by atoms with Crippen LogP contribution < -0.4 is 5.32 Å². The molecule has 4 nitrogen and oxygen atoms in total. The molecule has 0 aliphatic heterocycles. The molecule has 0 saturated carbocycles. The van der Waals surface area contributed by atoms with Crippen molar-refractivity contribution in [1.82, 2.24) is 0 Å². The predicted octanol–water partition coefficient (Wildman–Crippen LogP) is 3.31. The summed E-state index contributed by atoms with van der Waals surface area (Å²) in [5.41, 5.74) is 0.572. The van der Waals surface area contributed by atoms with E-state index in [9.17, 15) is 22.0 Å². The van der Waals surface area contributed by atoms with Gasteiger partial charge in [-0.15, -0.1) is 11.3 Å². The Hall–Kier alpha value is -1.80. The topological polar surface area (TPSA) is 63.2 Å². The van der Waals surface area contributed by atoms with Crippen molar-refractivity contribution in [2.75, 3.05) is 5.32 Å². The maximum atomic E-state index is 12.7. The molecule has 8 heteroatoms. The van der Waals surface area contributed by atoms with E-state index in [2.05, 4.69) is 5.32 Å². The standard InChI is InChI=1S/C13H11F2NO3S2/c1-8-6-7-20-11(8)12(17)16-9-4-2-3-5-10(9)21(18,19)13(14)15/h2-7,13H,1H3,(H,16,17). The van der Waals surface area contributed by atoms with Gasteiger partial charge < -0.3 is 5.32 Å². The number of anilines is 1. The normalized spacial score (nSPS) is 11.6. The number of benzene rings is 1. The lowest BCUT2D eigenvalue weighted by molar-refractivity contribution is 0.102. The number of rotatable bonds is 4. The molecule has 0 atom stereocenters. The zero-order valence-corrected chi connectivity index (χ0v) is 12.5. The number of carbonyl (C=O) groups excluding carboxylic acids is 1. The van der Waals surface area contributed by atoms with Gasteiger partial charge in [-0.1, -0.05) is 12.1 Å². The summed E-state index contributed by atoms with van der Waals surface area (Å²) in [6, 6.07) is 6.83. The molecular weight excluding hydrogens is 320 g/mol. The number of sulfone groups is 1. The highest BCUT2D eigenvalue weighted by Gasteiger charge is 2.29.